The van der Waals surface area contributed by atoms with Gasteiger partial charge in [0.1, 0.15) is 0 Å². The Kier molecular flexibility index (Phi) is 3.88. The van der Waals surface area contributed by atoms with Crippen LogP contribution in [-0.2, 0) is 4.79 Å². The van der Waals surface area contributed by atoms with Crippen LogP contribution in [-0.4, -0.2) is 61.1 Å². The largest absolute Gasteiger partial charge is 1.00 e. The number of rotatable bonds is 2. The first-order valence-electron chi connectivity index (χ1n) is 4.81. The molecule has 1 amide bonds. The van der Waals surface area contributed by atoms with Gasteiger partial charge in [-0.1, -0.05) is 0 Å². The molecule has 3 fully saturated rings. The van der Waals surface area contributed by atoms with Gasteiger partial charge in [-0.3, -0.25) is 15.1 Å². The molecule has 0 aromatic rings. The number of nitrogens with zero attached hydrogens (tertiary/aromatic N) is 2. The fourth-order valence-corrected chi connectivity index (χ4v) is 2.32. The van der Waals surface area contributed by atoms with Crippen LogP contribution in [0.25, 0.3) is 0 Å². The van der Waals surface area contributed by atoms with Crippen molar-refractivity contribution in [1.29, 1.82) is 0 Å². The van der Waals surface area contributed by atoms with Gasteiger partial charge >= 0.3 is 0 Å². The number of piperazine rings is 3. The quantitative estimate of drug-likeness (QED) is 0.228. The van der Waals surface area contributed by atoms with Crippen LogP contribution in [0.5, 0.6) is 0 Å². The Morgan fingerprint density at radius 1 is 1.29 bits per heavy atom. The van der Waals surface area contributed by atoms with E-state index in [1.807, 2.05) is 0 Å². The third kappa shape index (κ3) is 2.25. The van der Waals surface area contributed by atoms with E-state index in [9.17, 15) is 4.79 Å². The summed E-state index contributed by atoms with van der Waals surface area (Å²) in [6, 6.07) is 0. The van der Waals surface area contributed by atoms with Gasteiger partial charge < -0.3 is 21.5 Å². The van der Waals surface area contributed by atoms with E-state index < -0.39 is 0 Å². The fraction of sp³-hybridized carbons (Fsp3) is 0.875. The molecule has 0 radical (unpaired) electrons. The lowest BCUT2D eigenvalue weighted by atomic mass is 10.1. The summed E-state index contributed by atoms with van der Waals surface area (Å²) in [5.41, 5.74) is 2.22. The van der Waals surface area contributed by atoms with Crippen molar-refractivity contribution in [1.82, 2.24) is 10.3 Å². The van der Waals surface area contributed by atoms with Crippen LogP contribution >= 0.6 is 0 Å². The number of quaternary nitrogens is 1. The molecule has 5 nitrogen and oxygen atoms in total. The molecule has 0 aliphatic carbocycles. The zero-order chi connectivity index (χ0) is 9.31. The maximum Gasteiger partial charge on any atom is 0.289 e. The molecule has 14 heavy (non-hydrogen) atoms. The van der Waals surface area contributed by atoms with Crippen LogP contribution in [0.1, 0.15) is 0 Å². The van der Waals surface area contributed by atoms with E-state index in [-0.39, 0.29) is 22.9 Å². The number of carbonyl (C=O) groups is 1. The molecular weight excluding hydrogens is 248 g/mol. The molecule has 3 rings (SSSR count). The van der Waals surface area contributed by atoms with Gasteiger partial charge in [0.2, 0.25) is 0 Å². The van der Waals surface area contributed by atoms with E-state index >= 15 is 0 Å². The lowest BCUT2D eigenvalue weighted by Gasteiger charge is -2.49. The number of hydrogen-bond acceptors (Lipinski definition) is 3. The average molecular weight is 265 g/mol. The average Bonchev–Trinajstić information content (AvgIpc) is 2.20. The highest BCUT2D eigenvalue weighted by molar-refractivity contribution is 5.76. The number of nitrogens with one attached hydrogen (secondary N) is 1. The highest BCUT2D eigenvalue weighted by atomic mass is 79.9. The van der Waals surface area contributed by atoms with E-state index in [1.165, 1.54) is 0 Å². The molecule has 0 aromatic heterocycles. The molecule has 0 atom stereocenters. The van der Waals surface area contributed by atoms with Crippen molar-refractivity contribution in [2.75, 3.05) is 45.8 Å². The number of halogens is 1. The molecule has 0 spiro atoms. The van der Waals surface area contributed by atoms with Gasteiger partial charge in [0, 0.05) is 19.6 Å². The molecule has 0 aromatic carbocycles. The second-order valence-corrected chi connectivity index (χ2v) is 4.08. The second kappa shape index (κ2) is 4.57. The molecule has 2 bridgehead atoms. The van der Waals surface area contributed by atoms with Crippen LogP contribution in [0.4, 0.5) is 0 Å². The Bertz CT molecular complexity index is 202. The first-order chi connectivity index (χ1) is 6.24. The lowest BCUT2D eigenvalue weighted by Crippen LogP contribution is -3.00. The second-order valence-electron chi connectivity index (χ2n) is 4.08. The molecule has 3 N–H and O–H groups in total. The third-order valence-corrected chi connectivity index (χ3v) is 3.31. The zero-order valence-corrected chi connectivity index (χ0v) is 9.79. The summed E-state index contributed by atoms with van der Waals surface area (Å²) in [7, 11) is 0. The molecule has 3 saturated heterocycles. The first kappa shape index (κ1) is 11.9. The summed E-state index contributed by atoms with van der Waals surface area (Å²) >= 11 is 0. The standard InChI is InChI=1S/C8H16N4O.BrH/c9-10-8(13)7-12-4-1-11(2-5-12)3-6-12;/h1-7,9H2;1H. The smallest absolute Gasteiger partial charge is 0.289 e. The summed E-state index contributed by atoms with van der Waals surface area (Å²) in [6.45, 7) is 7.28. The molecule has 6 heteroatoms. The lowest BCUT2D eigenvalue weighted by molar-refractivity contribution is -0.933. The van der Waals surface area contributed by atoms with E-state index in [2.05, 4.69) is 10.3 Å². The van der Waals surface area contributed by atoms with Crippen LogP contribution in [0.3, 0.4) is 0 Å². The molecule has 0 saturated carbocycles. The van der Waals surface area contributed by atoms with E-state index in [0.717, 1.165) is 43.8 Å². The number of carbonyl (C=O) groups excluding carboxylic acids is 1. The van der Waals surface area contributed by atoms with E-state index in [1.54, 1.807) is 0 Å². The fourth-order valence-electron chi connectivity index (χ4n) is 2.32. The number of nitrogens with two attached hydrogens (primary N) is 1. The van der Waals surface area contributed by atoms with Gasteiger partial charge in [-0.05, 0) is 0 Å². The minimum atomic E-state index is -0.0321. The van der Waals surface area contributed by atoms with Crippen molar-refractivity contribution in [3.8, 4) is 0 Å². The van der Waals surface area contributed by atoms with Crippen molar-refractivity contribution in [2.45, 2.75) is 0 Å². The number of hydrogen-bond donors (Lipinski definition) is 2. The summed E-state index contributed by atoms with van der Waals surface area (Å²) in [5.74, 6) is 5.06. The summed E-state index contributed by atoms with van der Waals surface area (Å²) in [5, 5.41) is 0. The topological polar surface area (TPSA) is 58.4 Å². The van der Waals surface area contributed by atoms with Gasteiger partial charge in [-0.15, -0.1) is 0 Å². The van der Waals surface area contributed by atoms with Gasteiger partial charge in [-0.25, -0.2) is 5.84 Å². The highest BCUT2D eigenvalue weighted by Crippen LogP contribution is 2.18. The summed E-state index contributed by atoms with van der Waals surface area (Å²) in [6.07, 6.45) is 0. The maximum absolute atomic E-state index is 11.2. The van der Waals surface area contributed by atoms with Crippen LogP contribution in [0.2, 0.25) is 0 Å². The van der Waals surface area contributed by atoms with Crippen molar-refractivity contribution < 1.29 is 26.3 Å². The van der Waals surface area contributed by atoms with Crippen molar-refractivity contribution >= 4 is 5.91 Å². The molecule has 0 unspecified atom stereocenters. The SMILES string of the molecule is NNC(=O)C[N+]12CCN(CC1)CC2.[Br-]. The molecule has 3 heterocycles. The zero-order valence-electron chi connectivity index (χ0n) is 8.21. The van der Waals surface area contributed by atoms with Gasteiger partial charge in [0.25, 0.3) is 5.91 Å². The number of fused-ring (bicyclic) bond motifs is 3. The number of hydrazine groups is 1. The van der Waals surface area contributed by atoms with Crippen LogP contribution in [0.15, 0.2) is 0 Å². The summed E-state index contributed by atoms with van der Waals surface area (Å²) < 4.78 is 0.944. The van der Waals surface area contributed by atoms with Gasteiger partial charge in [-0.2, -0.15) is 0 Å². The van der Waals surface area contributed by atoms with Gasteiger partial charge in [0.05, 0.1) is 19.6 Å². The Hall–Kier alpha value is -0.170. The van der Waals surface area contributed by atoms with Crippen LogP contribution < -0.4 is 28.2 Å². The Balaban J connectivity index is 0.000000980. The van der Waals surface area contributed by atoms with Gasteiger partial charge in [0.15, 0.2) is 6.54 Å². The van der Waals surface area contributed by atoms with E-state index in [4.69, 9.17) is 5.84 Å². The predicted molar refractivity (Wildman–Crippen MR) is 48.5 cm³/mol. The summed E-state index contributed by atoms with van der Waals surface area (Å²) in [4.78, 5) is 13.7. The molecule has 3 aliphatic heterocycles. The van der Waals surface area contributed by atoms with Crippen molar-refractivity contribution in [3.63, 3.8) is 0 Å². The van der Waals surface area contributed by atoms with Crippen LogP contribution in [0, 0.1) is 0 Å². The maximum atomic E-state index is 11.2. The minimum absolute atomic E-state index is 0. The Labute approximate surface area is 94.5 Å². The van der Waals surface area contributed by atoms with Crippen molar-refractivity contribution in [3.05, 3.63) is 0 Å². The van der Waals surface area contributed by atoms with Crippen molar-refractivity contribution in [2.24, 2.45) is 5.84 Å². The van der Waals surface area contributed by atoms with E-state index in [0.29, 0.717) is 6.54 Å². The molecular formula is C8H17BrN4O. The number of amides is 1. The molecule has 3 aliphatic rings. The third-order valence-electron chi connectivity index (χ3n) is 3.31. The predicted octanol–water partition coefficient (Wildman–Crippen LogP) is -4.87. The monoisotopic (exact) mass is 264 g/mol. The Morgan fingerprint density at radius 3 is 2.21 bits per heavy atom. The highest BCUT2D eigenvalue weighted by Gasteiger charge is 2.39. The Morgan fingerprint density at radius 2 is 1.79 bits per heavy atom. The normalized spacial score (nSPS) is 34.8. The molecule has 82 valence electrons. The minimum Gasteiger partial charge on any atom is -1.00 e. The first-order valence-corrected chi connectivity index (χ1v) is 4.81.